The minimum absolute atomic E-state index is 0.0103. The molecule has 1 aromatic carbocycles. The van der Waals surface area contributed by atoms with Crippen LogP contribution in [0.3, 0.4) is 0 Å². The summed E-state index contributed by atoms with van der Waals surface area (Å²) in [6, 6.07) is 2.28. The smallest absolute Gasteiger partial charge is 0.271 e. The zero-order valence-corrected chi connectivity index (χ0v) is 12.0. The minimum Gasteiger partial charge on any atom is -0.397 e. The highest BCUT2D eigenvalue weighted by atomic mass is 35.5. The molecule has 0 heterocycles. The fraction of sp³-hybridized carbons (Fsp3) is 0.462. The van der Waals surface area contributed by atoms with Crippen molar-refractivity contribution in [2.75, 3.05) is 12.3 Å². The van der Waals surface area contributed by atoms with Gasteiger partial charge in [0, 0.05) is 18.7 Å². The molecule has 1 amide bonds. The number of nitro benzene ring substituents is 1. The number of benzene rings is 1. The topological polar surface area (TPSA) is 98.3 Å². The van der Waals surface area contributed by atoms with Gasteiger partial charge in [-0.25, -0.2) is 0 Å². The van der Waals surface area contributed by atoms with Crippen molar-refractivity contribution in [1.82, 2.24) is 5.32 Å². The first-order valence-electron chi connectivity index (χ1n) is 6.24. The summed E-state index contributed by atoms with van der Waals surface area (Å²) in [6.45, 7) is 4.79. The van der Waals surface area contributed by atoms with Gasteiger partial charge in [-0.2, -0.15) is 0 Å². The Hall–Kier alpha value is -1.82. The van der Waals surface area contributed by atoms with E-state index in [2.05, 4.69) is 19.2 Å². The van der Waals surface area contributed by atoms with E-state index in [-0.39, 0.29) is 27.4 Å². The number of nitro groups is 1. The molecule has 0 radical (unpaired) electrons. The van der Waals surface area contributed by atoms with Gasteiger partial charge in [-0.3, -0.25) is 14.9 Å². The normalized spacial score (nSPS) is 19.4. The highest BCUT2D eigenvalue weighted by Gasteiger charge is 2.45. The molecule has 1 unspecified atom stereocenters. The second kappa shape index (κ2) is 4.94. The number of non-ortho nitro benzene ring substituents is 1. The van der Waals surface area contributed by atoms with Gasteiger partial charge in [0.15, 0.2) is 0 Å². The lowest BCUT2D eigenvalue weighted by atomic mass is 10.1. The predicted molar refractivity (Wildman–Crippen MR) is 76.7 cm³/mol. The Kier molecular flexibility index (Phi) is 3.60. The highest BCUT2D eigenvalue weighted by Crippen LogP contribution is 2.51. The van der Waals surface area contributed by atoms with Gasteiger partial charge in [0.25, 0.3) is 11.6 Å². The molecule has 20 heavy (non-hydrogen) atoms. The van der Waals surface area contributed by atoms with Crippen LogP contribution in [0.1, 0.15) is 30.6 Å². The first-order valence-corrected chi connectivity index (χ1v) is 6.62. The van der Waals surface area contributed by atoms with E-state index >= 15 is 0 Å². The van der Waals surface area contributed by atoms with Crippen LogP contribution >= 0.6 is 11.6 Å². The van der Waals surface area contributed by atoms with Gasteiger partial charge in [-0.05, 0) is 17.8 Å². The molecule has 7 heteroatoms. The lowest BCUT2D eigenvalue weighted by molar-refractivity contribution is -0.384. The number of rotatable bonds is 4. The molecule has 1 saturated carbocycles. The van der Waals surface area contributed by atoms with Crippen molar-refractivity contribution in [3.63, 3.8) is 0 Å². The molecule has 1 aromatic rings. The summed E-state index contributed by atoms with van der Waals surface area (Å²) >= 11 is 5.82. The number of nitrogen functional groups attached to an aromatic ring is 1. The summed E-state index contributed by atoms with van der Waals surface area (Å²) in [4.78, 5) is 22.2. The maximum Gasteiger partial charge on any atom is 0.271 e. The molecule has 1 aliphatic rings. The Morgan fingerprint density at radius 1 is 1.60 bits per heavy atom. The fourth-order valence-corrected chi connectivity index (χ4v) is 2.35. The summed E-state index contributed by atoms with van der Waals surface area (Å²) in [5.41, 5.74) is 5.82. The molecular weight excluding hydrogens is 282 g/mol. The molecule has 0 aliphatic heterocycles. The standard InChI is InChI=1S/C13H16ClN3O3/c1-13(2)5-7(13)6-16-12(18)9-3-8(17(19)20)4-10(14)11(9)15/h3-4,7H,5-6,15H2,1-2H3,(H,16,18). The molecule has 0 aromatic heterocycles. The number of amides is 1. The van der Waals surface area contributed by atoms with E-state index in [1.54, 1.807) is 0 Å². The number of halogens is 1. The number of hydrogen-bond donors (Lipinski definition) is 2. The summed E-state index contributed by atoms with van der Waals surface area (Å²) in [5.74, 6) is -0.00218. The third-order valence-electron chi connectivity index (χ3n) is 3.80. The van der Waals surface area contributed by atoms with Gasteiger partial charge >= 0.3 is 0 Å². The van der Waals surface area contributed by atoms with Crippen LogP contribution in [0.2, 0.25) is 5.02 Å². The minimum atomic E-state index is -0.605. The van der Waals surface area contributed by atoms with Crippen molar-refractivity contribution in [1.29, 1.82) is 0 Å². The molecule has 2 rings (SSSR count). The Morgan fingerprint density at radius 3 is 2.70 bits per heavy atom. The first-order chi connectivity index (χ1) is 9.22. The molecule has 3 N–H and O–H groups in total. The van der Waals surface area contributed by atoms with Crippen LogP contribution in [0.4, 0.5) is 11.4 Å². The van der Waals surface area contributed by atoms with Gasteiger partial charge in [-0.15, -0.1) is 0 Å². The third kappa shape index (κ3) is 2.85. The average Bonchev–Trinajstić information content (AvgIpc) is 2.97. The molecule has 108 valence electrons. The Morgan fingerprint density at radius 2 is 2.20 bits per heavy atom. The van der Waals surface area contributed by atoms with Crippen molar-refractivity contribution in [3.8, 4) is 0 Å². The SMILES string of the molecule is CC1(C)CC1CNC(=O)c1cc([N+](=O)[O-])cc(Cl)c1N. The number of nitrogens with zero attached hydrogens (tertiary/aromatic N) is 1. The Labute approximate surface area is 121 Å². The molecule has 0 saturated heterocycles. The molecule has 0 spiro atoms. The van der Waals surface area contributed by atoms with Gasteiger partial charge in [0.2, 0.25) is 0 Å². The molecule has 6 nitrogen and oxygen atoms in total. The van der Waals surface area contributed by atoms with E-state index in [4.69, 9.17) is 17.3 Å². The summed E-state index contributed by atoms with van der Waals surface area (Å²) < 4.78 is 0. The summed E-state index contributed by atoms with van der Waals surface area (Å²) in [7, 11) is 0. The third-order valence-corrected chi connectivity index (χ3v) is 4.11. The van der Waals surface area contributed by atoms with Crippen molar-refractivity contribution in [2.45, 2.75) is 20.3 Å². The van der Waals surface area contributed by atoms with Crippen molar-refractivity contribution < 1.29 is 9.72 Å². The van der Waals surface area contributed by atoms with Crippen LogP contribution in [-0.2, 0) is 0 Å². The highest BCUT2D eigenvalue weighted by molar-refractivity contribution is 6.34. The Bertz CT molecular complexity index is 586. The lowest BCUT2D eigenvalue weighted by Gasteiger charge is -2.09. The maximum absolute atomic E-state index is 12.1. The van der Waals surface area contributed by atoms with Crippen molar-refractivity contribution in [2.24, 2.45) is 11.3 Å². The second-order valence-corrected chi connectivity index (χ2v) is 6.15. The van der Waals surface area contributed by atoms with E-state index < -0.39 is 10.8 Å². The van der Waals surface area contributed by atoms with E-state index in [1.807, 2.05) is 0 Å². The van der Waals surface area contributed by atoms with Gasteiger partial charge in [0.1, 0.15) is 0 Å². The summed E-state index contributed by atoms with van der Waals surface area (Å²) in [6.07, 6.45) is 1.05. The van der Waals surface area contributed by atoms with Crippen LogP contribution in [0, 0.1) is 21.4 Å². The molecule has 1 fully saturated rings. The number of anilines is 1. The molecule has 1 aliphatic carbocycles. The van der Waals surface area contributed by atoms with Crippen LogP contribution in [0.5, 0.6) is 0 Å². The number of nitrogens with two attached hydrogens (primary N) is 1. The van der Waals surface area contributed by atoms with Crippen LogP contribution in [0.25, 0.3) is 0 Å². The lowest BCUT2D eigenvalue weighted by Crippen LogP contribution is -2.27. The Balaban J connectivity index is 2.14. The molecular formula is C13H16ClN3O3. The average molecular weight is 298 g/mol. The fourth-order valence-electron chi connectivity index (χ4n) is 2.13. The molecule has 1 atom stereocenters. The van der Waals surface area contributed by atoms with Crippen LogP contribution in [-0.4, -0.2) is 17.4 Å². The largest absolute Gasteiger partial charge is 0.397 e. The monoisotopic (exact) mass is 297 g/mol. The van der Waals surface area contributed by atoms with Crippen LogP contribution in [0.15, 0.2) is 12.1 Å². The number of nitrogens with one attached hydrogen (secondary N) is 1. The zero-order chi connectivity index (χ0) is 15.1. The zero-order valence-electron chi connectivity index (χ0n) is 11.3. The van der Waals surface area contributed by atoms with Crippen molar-refractivity contribution >= 4 is 28.9 Å². The van der Waals surface area contributed by atoms with Crippen molar-refractivity contribution in [3.05, 3.63) is 32.8 Å². The maximum atomic E-state index is 12.1. The second-order valence-electron chi connectivity index (χ2n) is 5.75. The first kappa shape index (κ1) is 14.6. The van der Waals surface area contributed by atoms with Gasteiger partial charge in [0.05, 0.1) is 21.2 Å². The van der Waals surface area contributed by atoms with Gasteiger partial charge < -0.3 is 11.1 Å². The summed E-state index contributed by atoms with van der Waals surface area (Å²) in [5, 5.41) is 13.5. The predicted octanol–water partition coefficient (Wildman–Crippen LogP) is 2.61. The van der Waals surface area contributed by atoms with E-state index in [9.17, 15) is 14.9 Å². The number of carbonyl (C=O) groups excluding carboxylic acids is 1. The van der Waals surface area contributed by atoms with Crippen LogP contribution < -0.4 is 11.1 Å². The number of hydrogen-bond acceptors (Lipinski definition) is 4. The molecule has 0 bridgehead atoms. The van der Waals surface area contributed by atoms with E-state index in [1.165, 1.54) is 0 Å². The van der Waals surface area contributed by atoms with E-state index in [0.717, 1.165) is 18.6 Å². The number of carbonyl (C=O) groups is 1. The van der Waals surface area contributed by atoms with E-state index in [0.29, 0.717) is 12.5 Å². The quantitative estimate of drug-likeness (QED) is 0.507. The van der Waals surface area contributed by atoms with Gasteiger partial charge in [-0.1, -0.05) is 25.4 Å².